The van der Waals surface area contributed by atoms with Gasteiger partial charge in [0.05, 0.1) is 10.2 Å². The summed E-state index contributed by atoms with van der Waals surface area (Å²) >= 11 is 1.34. The van der Waals surface area contributed by atoms with Gasteiger partial charge in [0, 0.05) is 20.9 Å². The third kappa shape index (κ3) is 2.21. The van der Waals surface area contributed by atoms with Gasteiger partial charge in [0.25, 0.3) is 11.3 Å². The van der Waals surface area contributed by atoms with Gasteiger partial charge >= 0.3 is 6.18 Å². The number of fused-ring (bicyclic) bond motifs is 5. The van der Waals surface area contributed by atoms with Crippen LogP contribution in [0.1, 0.15) is 10.4 Å². The number of aromatic amines is 1. The molecular weight excluding hydrogens is 355 g/mol. The summed E-state index contributed by atoms with van der Waals surface area (Å²) in [6.07, 6.45) is -5.25. The van der Waals surface area contributed by atoms with Gasteiger partial charge in [0.15, 0.2) is 0 Å². The first kappa shape index (κ1) is 15.6. The maximum atomic E-state index is 12.7. The Morgan fingerprint density at radius 2 is 1.72 bits per heavy atom. The maximum Gasteiger partial charge on any atom is 0.455 e. The molecule has 0 radical (unpaired) electrons. The van der Waals surface area contributed by atoms with Crippen LogP contribution in [0, 0.1) is 0 Å². The van der Waals surface area contributed by atoms with Crippen molar-refractivity contribution in [3.8, 4) is 5.75 Å². The lowest BCUT2D eigenvalue weighted by atomic mass is 10.0. The van der Waals surface area contributed by atoms with Crippen molar-refractivity contribution in [1.82, 2.24) is 4.98 Å². The van der Waals surface area contributed by atoms with Crippen LogP contribution >= 0.6 is 11.3 Å². The average Bonchev–Trinajstić information content (AvgIpc) is 2.93. The largest absolute Gasteiger partial charge is 0.506 e. The standard InChI is InChI=1S/C17H8F3NO3S/c18-17(19,20)15(23)11-13(22)9-6-5-8-7-3-1-2-4-10(7)25-14(8)12(9)21-16(11)24/h1-6H,(H2,21,22,24). The molecule has 0 atom stereocenters. The van der Waals surface area contributed by atoms with E-state index in [1.165, 1.54) is 17.4 Å². The predicted molar refractivity (Wildman–Crippen MR) is 89.5 cm³/mol. The first-order valence-corrected chi connectivity index (χ1v) is 7.91. The molecule has 2 heterocycles. The van der Waals surface area contributed by atoms with E-state index < -0.39 is 28.8 Å². The van der Waals surface area contributed by atoms with E-state index in [-0.39, 0.29) is 10.9 Å². The number of aromatic hydroxyl groups is 1. The average molecular weight is 363 g/mol. The Hall–Kier alpha value is -2.87. The number of aromatic nitrogens is 1. The molecule has 2 aromatic carbocycles. The van der Waals surface area contributed by atoms with E-state index >= 15 is 0 Å². The first-order valence-electron chi connectivity index (χ1n) is 7.10. The highest BCUT2D eigenvalue weighted by Crippen LogP contribution is 2.40. The summed E-state index contributed by atoms with van der Waals surface area (Å²) in [6, 6.07) is 10.5. The fourth-order valence-electron chi connectivity index (χ4n) is 2.88. The van der Waals surface area contributed by atoms with Gasteiger partial charge < -0.3 is 10.1 Å². The molecule has 25 heavy (non-hydrogen) atoms. The lowest BCUT2D eigenvalue weighted by Crippen LogP contribution is -2.29. The molecule has 4 aromatic rings. The molecule has 2 N–H and O–H groups in total. The van der Waals surface area contributed by atoms with E-state index in [0.717, 1.165) is 15.5 Å². The summed E-state index contributed by atoms with van der Waals surface area (Å²) in [5.74, 6) is -3.33. The third-order valence-electron chi connectivity index (χ3n) is 3.99. The molecule has 0 bridgehead atoms. The number of halogens is 3. The highest BCUT2D eigenvalue weighted by molar-refractivity contribution is 7.26. The van der Waals surface area contributed by atoms with Crippen LogP contribution < -0.4 is 5.56 Å². The number of rotatable bonds is 1. The summed E-state index contributed by atoms with van der Waals surface area (Å²) in [6.45, 7) is 0. The van der Waals surface area contributed by atoms with Crippen LogP contribution in [-0.4, -0.2) is 22.1 Å². The molecule has 0 amide bonds. The first-order chi connectivity index (χ1) is 11.8. The number of ketones is 1. The highest BCUT2D eigenvalue weighted by Gasteiger charge is 2.42. The smallest absolute Gasteiger partial charge is 0.455 e. The summed E-state index contributed by atoms with van der Waals surface area (Å²) in [5, 5.41) is 11.9. The number of carbonyl (C=O) groups is 1. The Bertz CT molecular complexity index is 1240. The van der Waals surface area contributed by atoms with E-state index in [2.05, 4.69) is 4.98 Å². The van der Waals surface area contributed by atoms with E-state index in [9.17, 15) is 27.9 Å². The van der Waals surface area contributed by atoms with Crippen LogP contribution in [0.3, 0.4) is 0 Å². The molecule has 4 rings (SSSR count). The van der Waals surface area contributed by atoms with Crippen molar-refractivity contribution < 1.29 is 23.1 Å². The molecule has 126 valence electrons. The van der Waals surface area contributed by atoms with Crippen molar-refractivity contribution in [2.24, 2.45) is 0 Å². The molecule has 0 spiro atoms. The molecule has 0 saturated carbocycles. The molecule has 2 aromatic heterocycles. The lowest BCUT2D eigenvalue weighted by molar-refractivity contribution is -0.0887. The predicted octanol–water partition coefficient (Wildman–Crippen LogP) is 4.35. The number of thiophene rings is 1. The molecule has 0 aliphatic carbocycles. The van der Waals surface area contributed by atoms with Crippen LogP contribution in [-0.2, 0) is 0 Å². The Balaban J connectivity index is 2.13. The number of alkyl halides is 3. The molecule has 8 heteroatoms. The Morgan fingerprint density at radius 3 is 2.44 bits per heavy atom. The van der Waals surface area contributed by atoms with Gasteiger partial charge in [-0.25, -0.2) is 0 Å². The van der Waals surface area contributed by atoms with Crippen molar-refractivity contribution >= 4 is 48.2 Å². The van der Waals surface area contributed by atoms with Crippen LogP contribution in [0.2, 0.25) is 0 Å². The van der Waals surface area contributed by atoms with E-state index in [4.69, 9.17) is 0 Å². The summed E-state index contributed by atoms with van der Waals surface area (Å²) in [4.78, 5) is 25.9. The summed E-state index contributed by atoms with van der Waals surface area (Å²) in [7, 11) is 0. The van der Waals surface area contributed by atoms with Gasteiger partial charge in [-0.2, -0.15) is 13.2 Å². The Kier molecular flexibility index (Phi) is 3.17. The van der Waals surface area contributed by atoms with Gasteiger partial charge in [0.2, 0.25) is 0 Å². The number of carbonyl (C=O) groups excluding carboxylic acids is 1. The molecule has 0 fully saturated rings. The van der Waals surface area contributed by atoms with Crippen molar-refractivity contribution in [1.29, 1.82) is 0 Å². The number of H-pyrrole nitrogens is 1. The highest BCUT2D eigenvalue weighted by atomic mass is 32.1. The minimum absolute atomic E-state index is 0.00810. The SMILES string of the molecule is O=C(c1c(O)c2ccc3c4ccccc4sc3c2[nH]c1=O)C(F)(F)F. The van der Waals surface area contributed by atoms with Gasteiger partial charge in [-0.05, 0) is 12.1 Å². The normalized spacial score (nSPS) is 12.3. The van der Waals surface area contributed by atoms with Gasteiger partial charge in [-0.15, -0.1) is 11.3 Å². The second kappa shape index (κ2) is 5.06. The monoisotopic (exact) mass is 363 g/mol. The van der Waals surface area contributed by atoms with E-state index in [1.54, 1.807) is 6.07 Å². The zero-order valence-electron chi connectivity index (χ0n) is 12.3. The van der Waals surface area contributed by atoms with E-state index in [1.807, 2.05) is 24.3 Å². The molecule has 0 aliphatic heterocycles. The van der Waals surface area contributed by atoms with Crippen molar-refractivity contribution in [3.63, 3.8) is 0 Å². The Morgan fingerprint density at radius 1 is 1.04 bits per heavy atom. The van der Waals surface area contributed by atoms with Crippen LogP contribution in [0.4, 0.5) is 13.2 Å². The molecule has 0 saturated heterocycles. The molecule has 4 nitrogen and oxygen atoms in total. The van der Waals surface area contributed by atoms with Crippen molar-refractivity contribution in [3.05, 3.63) is 52.3 Å². The second-order valence-corrected chi connectivity index (χ2v) is 6.52. The number of hydrogen-bond donors (Lipinski definition) is 2. The van der Waals surface area contributed by atoms with E-state index in [0.29, 0.717) is 4.70 Å². The second-order valence-electron chi connectivity index (χ2n) is 5.47. The summed E-state index contributed by atoms with van der Waals surface area (Å²) < 4.78 is 39.6. The molecule has 0 aliphatic rings. The maximum absolute atomic E-state index is 12.7. The van der Waals surface area contributed by atoms with Crippen molar-refractivity contribution in [2.75, 3.05) is 0 Å². The minimum atomic E-state index is -5.25. The minimum Gasteiger partial charge on any atom is -0.506 e. The van der Waals surface area contributed by atoms with Crippen molar-refractivity contribution in [2.45, 2.75) is 6.18 Å². The fraction of sp³-hybridized carbons (Fsp3) is 0.0588. The molecular formula is C17H8F3NO3S. The van der Waals surface area contributed by atoms with Crippen LogP contribution in [0.5, 0.6) is 5.75 Å². The number of Topliss-reactive ketones (excluding diaryl/α,β-unsaturated/α-hetero) is 1. The summed E-state index contributed by atoms with van der Waals surface area (Å²) in [5.41, 5.74) is -2.35. The number of pyridine rings is 1. The number of hydrogen-bond acceptors (Lipinski definition) is 4. The fourth-order valence-corrected chi connectivity index (χ4v) is 4.09. The topological polar surface area (TPSA) is 70.2 Å². The third-order valence-corrected chi connectivity index (χ3v) is 5.19. The quantitative estimate of drug-likeness (QED) is 0.494. The Labute approximate surface area is 141 Å². The number of benzene rings is 2. The van der Waals surface area contributed by atoms with Crippen LogP contribution in [0.25, 0.3) is 31.1 Å². The lowest BCUT2D eigenvalue weighted by Gasteiger charge is -2.09. The van der Waals surface area contributed by atoms with Gasteiger partial charge in [-0.1, -0.05) is 24.3 Å². The van der Waals surface area contributed by atoms with Gasteiger partial charge in [0.1, 0.15) is 11.3 Å². The zero-order valence-corrected chi connectivity index (χ0v) is 13.1. The van der Waals surface area contributed by atoms with Crippen LogP contribution in [0.15, 0.2) is 41.2 Å². The molecule has 0 unspecified atom stereocenters. The van der Waals surface area contributed by atoms with Gasteiger partial charge in [-0.3, -0.25) is 9.59 Å². The zero-order chi connectivity index (χ0) is 17.9. The number of nitrogens with one attached hydrogen (secondary N) is 1.